The largest absolute Gasteiger partial charge is 0.462 e. The van der Waals surface area contributed by atoms with E-state index >= 15 is 0 Å². The molecule has 1 aromatic rings. The Labute approximate surface area is 142 Å². The second kappa shape index (κ2) is 7.95. The van der Waals surface area contributed by atoms with Crippen molar-refractivity contribution in [1.82, 2.24) is 5.32 Å². The third-order valence-corrected chi connectivity index (χ3v) is 4.15. The molecule has 3 atom stereocenters. The summed E-state index contributed by atoms with van der Waals surface area (Å²) in [6.07, 6.45) is 1.39. The lowest BCUT2D eigenvalue weighted by molar-refractivity contribution is -0.125. The smallest absolute Gasteiger partial charge is 0.340 e. The van der Waals surface area contributed by atoms with Gasteiger partial charge in [0.1, 0.15) is 0 Å². The lowest BCUT2D eigenvalue weighted by Crippen LogP contribution is -2.34. The lowest BCUT2D eigenvalue weighted by atomic mass is 10.1. The van der Waals surface area contributed by atoms with Crippen LogP contribution in [0.2, 0.25) is 0 Å². The number of ether oxygens (including phenoxy) is 1. The number of benzene rings is 1. The highest BCUT2D eigenvalue weighted by Crippen LogP contribution is 2.39. The highest BCUT2D eigenvalue weighted by atomic mass is 16.5. The maximum absolute atomic E-state index is 12.3. The number of hydrogen-bond acceptors (Lipinski definition) is 4. The third kappa shape index (κ3) is 4.34. The molecule has 2 amide bonds. The van der Waals surface area contributed by atoms with Crippen molar-refractivity contribution in [3.05, 3.63) is 29.8 Å². The molecule has 1 fully saturated rings. The molecular weight excluding hydrogens is 308 g/mol. The fourth-order valence-electron chi connectivity index (χ4n) is 2.43. The number of anilines is 1. The molecule has 3 unspecified atom stereocenters. The second-order valence-corrected chi connectivity index (χ2v) is 6.02. The van der Waals surface area contributed by atoms with E-state index in [1.165, 1.54) is 0 Å². The van der Waals surface area contributed by atoms with E-state index in [1.807, 2.05) is 13.8 Å². The number of carbonyl (C=O) groups is 3. The van der Waals surface area contributed by atoms with Crippen LogP contribution in [0, 0.1) is 11.8 Å². The normalized spacial score (nSPS) is 20.0. The summed E-state index contributed by atoms with van der Waals surface area (Å²) in [6, 6.07) is 6.81. The van der Waals surface area contributed by atoms with Gasteiger partial charge in [0.2, 0.25) is 11.8 Å². The highest BCUT2D eigenvalue weighted by molar-refractivity contribution is 6.04. The summed E-state index contributed by atoms with van der Waals surface area (Å²) in [5.74, 6) is -1.42. The van der Waals surface area contributed by atoms with Crippen LogP contribution in [0.25, 0.3) is 0 Å². The molecule has 0 radical (unpaired) electrons. The van der Waals surface area contributed by atoms with Gasteiger partial charge in [-0.05, 0) is 38.8 Å². The minimum absolute atomic E-state index is 0.0804. The zero-order valence-corrected chi connectivity index (χ0v) is 14.3. The molecule has 1 aromatic carbocycles. The quantitative estimate of drug-likeness (QED) is 0.751. The summed E-state index contributed by atoms with van der Waals surface area (Å²) >= 11 is 0. The third-order valence-electron chi connectivity index (χ3n) is 4.15. The number of para-hydroxylation sites is 1. The molecule has 24 heavy (non-hydrogen) atoms. The van der Waals surface area contributed by atoms with E-state index in [-0.39, 0.29) is 36.3 Å². The Morgan fingerprint density at radius 2 is 1.83 bits per heavy atom. The maximum Gasteiger partial charge on any atom is 0.340 e. The minimum Gasteiger partial charge on any atom is -0.462 e. The van der Waals surface area contributed by atoms with Gasteiger partial charge in [0.25, 0.3) is 0 Å². The minimum atomic E-state index is -0.477. The van der Waals surface area contributed by atoms with Crippen LogP contribution in [0.1, 0.15) is 44.0 Å². The number of esters is 1. The van der Waals surface area contributed by atoms with Crippen LogP contribution in [0.4, 0.5) is 5.69 Å². The Morgan fingerprint density at radius 3 is 2.50 bits per heavy atom. The Kier molecular flexibility index (Phi) is 5.95. The summed E-state index contributed by atoms with van der Waals surface area (Å²) in [5.41, 5.74) is 0.725. The molecule has 0 aromatic heterocycles. The fraction of sp³-hybridized carbons (Fsp3) is 0.500. The molecule has 2 rings (SSSR count). The van der Waals surface area contributed by atoms with Crippen molar-refractivity contribution in [1.29, 1.82) is 0 Å². The number of amides is 2. The van der Waals surface area contributed by atoms with Crippen LogP contribution >= 0.6 is 0 Å². The molecule has 130 valence electrons. The molecule has 1 aliphatic rings. The molecule has 0 saturated heterocycles. The van der Waals surface area contributed by atoms with Gasteiger partial charge in [-0.1, -0.05) is 19.1 Å². The number of nitrogens with one attached hydrogen (secondary N) is 2. The molecule has 6 nitrogen and oxygen atoms in total. The highest BCUT2D eigenvalue weighted by Gasteiger charge is 2.48. The van der Waals surface area contributed by atoms with Gasteiger partial charge in [-0.15, -0.1) is 0 Å². The number of carbonyl (C=O) groups excluding carboxylic acids is 3. The fourth-order valence-corrected chi connectivity index (χ4v) is 2.43. The number of rotatable bonds is 7. The van der Waals surface area contributed by atoms with Gasteiger partial charge in [0.15, 0.2) is 0 Å². The van der Waals surface area contributed by atoms with Gasteiger partial charge in [0, 0.05) is 6.04 Å². The Bertz CT molecular complexity index is 629. The van der Waals surface area contributed by atoms with Crippen molar-refractivity contribution < 1.29 is 19.1 Å². The molecule has 2 N–H and O–H groups in total. The average Bonchev–Trinajstić information content (AvgIpc) is 3.36. The van der Waals surface area contributed by atoms with Crippen LogP contribution in [0.15, 0.2) is 24.3 Å². The first-order valence-electron chi connectivity index (χ1n) is 8.35. The Hall–Kier alpha value is -2.37. The van der Waals surface area contributed by atoms with Gasteiger partial charge >= 0.3 is 5.97 Å². The SMILES string of the molecule is CCOC(=O)c1ccccc1NC(=O)C1CC1C(=O)NC(C)CC. The summed E-state index contributed by atoms with van der Waals surface area (Å²) in [7, 11) is 0. The van der Waals surface area contributed by atoms with Gasteiger partial charge in [-0.25, -0.2) is 4.79 Å². The lowest BCUT2D eigenvalue weighted by Gasteiger charge is -2.12. The van der Waals surface area contributed by atoms with E-state index < -0.39 is 5.97 Å². The van der Waals surface area contributed by atoms with E-state index in [4.69, 9.17) is 4.74 Å². The first kappa shape index (κ1) is 18.0. The zero-order chi connectivity index (χ0) is 17.7. The van der Waals surface area contributed by atoms with Crippen molar-refractivity contribution >= 4 is 23.5 Å². The Balaban J connectivity index is 1.97. The zero-order valence-electron chi connectivity index (χ0n) is 14.3. The summed E-state index contributed by atoms with van der Waals surface area (Å²) < 4.78 is 4.99. The topological polar surface area (TPSA) is 84.5 Å². The Morgan fingerprint density at radius 1 is 1.17 bits per heavy atom. The van der Waals surface area contributed by atoms with Crippen molar-refractivity contribution in [2.24, 2.45) is 11.8 Å². The van der Waals surface area contributed by atoms with Gasteiger partial charge in [-0.2, -0.15) is 0 Å². The molecule has 6 heteroatoms. The first-order valence-corrected chi connectivity index (χ1v) is 8.35. The molecule has 0 aliphatic heterocycles. The van der Waals surface area contributed by atoms with Crippen LogP contribution in [0.3, 0.4) is 0 Å². The summed E-state index contributed by atoms with van der Waals surface area (Å²) in [6.45, 7) is 5.92. The van der Waals surface area contributed by atoms with E-state index in [1.54, 1.807) is 31.2 Å². The predicted octanol–water partition coefficient (Wildman–Crippen LogP) is 2.35. The van der Waals surface area contributed by atoms with E-state index in [0.29, 0.717) is 17.7 Å². The molecular formula is C18H24N2O4. The van der Waals surface area contributed by atoms with Gasteiger partial charge in [0.05, 0.1) is 29.7 Å². The van der Waals surface area contributed by atoms with Crippen molar-refractivity contribution in [2.75, 3.05) is 11.9 Å². The molecule has 0 heterocycles. The van der Waals surface area contributed by atoms with Crippen molar-refractivity contribution in [3.8, 4) is 0 Å². The van der Waals surface area contributed by atoms with E-state index in [0.717, 1.165) is 6.42 Å². The summed E-state index contributed by atoms with van der Waals surface area (Å²) in [4.78, 5) is 36.3. The van der Waals surface area contributed by atoms with Crippen LogP contribution in [0.5, 0.6) is 0 Å². The number of hydrogen-bond donors (Lipinski definition) is 2. The molecule has 1 aliphatic carbocycles. The molecule has 1 saturated carbocycles. The monoisotopic (exact) mass is 332 g/mol. The van der Waals surface area contributed by atoms with Crippen LogP contribution in [-0.2, 0) is 14.3 Å². The van der Waals surface area contributed by atoms with Crippen molar-refractivity contribution in [3.63, 3.8) is 0 Å². The van der Waals surface area contributed by atoms with Crippen LogP contribution in [-0.4, -0.2) is 30.4 Å². The van der Waals surface area contributed by atoms with Crippen LogP contribution < -0.4 is 10.6 Å². The molecule has 0 bridgehead atoms. The van der Waals surface area contributed by atoms with Gasteiger partial charge in [-0.3, -0.25) is 9.59 Å². The first-order chi connectivity index (χ1) is 11.5. The predicted molar refractivity (Wildman–Crippen MR) is 90.5 cm³/mol. The maximum atomic E-state index is 12.3. The average molecular weight is 332 g/mol. The van der Waals surface area contributed by atoms with Crippen molar-refractivity contribution in [2.45, 2.75) is 39.7 Å². The standard InChI is InChI=1S/C18H24N2O4/c1-4-11(3)19-16(21)13-10-14(13)17(22)20-15-9-7-6-8-12(15)18(23)24-5-2/h6-9,11,13-14H,4-5,10H2,1-3H3,(H,19,21)(H,20,22). The van der Waals surface area contributed by atoms with Gasteiger partial charge < -0.3 is 15.4 Å². The summed E-state index contributed by atoms with van der Waals surface area (Å²) in [5, 5.41) is 5.64. The van der Waals surface area contributed by atoms with E-state index in [2.05, 4.69) is 10.6 Å². The van der Waals surface area contributed by atoms with E-state index in [9.17, 15) is 14.4 Å². The molecule has 0 spiro atoms. The second-order valence-electron chi connectivity index (χ2n) is 6.02.